The van der Waals surface area contributed by atoms with Crippen LogP contribution in [0.15, 0.2) is 54.6 Å². The first-order valence-corrected chi connectivity index (χ1v) is 8.70. The number of ether oxygens (including phenoxy) is 3. The molecule has 0 bridgehead atoms. The summed E-state index contributed by atoms with van der Waals surface area (Å²) in [7, 11) is 0. The maximum absolute atomic E-state index is 11.6. The van der Waals surface area contributed by atoms with Crippen molar-refractivity contribution in [1.82, 2.24) is 10.9 Å². The number of carbonyl (C=O) groups excluding carboxylic acids is 3. The van der Waals surface area contributed by atoms with Crippen molar-refractivity contribution in [3.63, 3.8) is 0 Å². The number of amides is 2. The van der Waals surface area contributed by atoms with Gasteiger partial charge in [0.1, 0.15) is 11.5 Å². The van der Waals surface area contributed by atoms with Crippen LogP contribution in [-0.4, -0.2) is 37.6 Å². The van der Waals surface area contributed by atoms with Crippen molar-refractivity contribution in [3.05, 3.63) is 59.6 Å². The zero-order valence-electron chi connectivity index (χ0n) is 14.9. The van der Waals surface area contributed by atoms with E-state index in [1.54, 1.807) is 36.4 Å². The van der Waals surface area contributed by atoms with Crippen LogP contribution in [0.5, 0.6) is 11.5 Å². The Kier molecular flexibility index (Phi) is 8.61. The van der Waals surface area contributed by atoms with Gasteiger partial charge in [-0.05, 0) is 36.4 Å². The van der Waals surface area contributed by atoms with E-state index in [4.69, 9.17) is 25.8 Å². The summed E-state index contributed by atoms with van der Waals surface area (Å²) < 4.78 is 15.4. The van der Waals surface area contributed by atoms with Crippen molar-refractivity contribution in [2.24, 2.45) is 0 Å². The van der Waals surface area contributed by atoms with Gasteiger partial charge in [-0.15, -0.1) is 0 Å². The van der Waals surface area contributed by atoms with Gasteiger partial charge >= 0.3 is 5.97 Å². The molecule has 2 N–H and O–H groups in total. The molecule has 0 saturated heterocycles. The zero-order valence-corrected chi connectivity index (χ0v) is 15.6. The Labute approximate surface area is 166 Å². The van der Waals surface area contributed by atoms with Crippen molar-refractivity contribution in [2.45, 2.75) is 6.42 Å². The highest BCUT2D eigenvalue weighted by Gasteiger charge is 2.09. The summed E-state index contributed by atoms with van der Waals surface area (Å²) in [5, 5.41) is 0.547. The molecular formula is C19H19ClN2O6. The second-order valence-corrected chi connectivity index (χ2v) is 5.85. The van der Waals surface area contributed by atoms with Crippen molar-refractivity contribution in [3.8, 4) is 11.5 Å². The van der Waals surface area contributed by atoms with Crippen molar-refractivity contribution in [2.75, 3.05) is 19.8 Å². The van der Waals surface area contributed by atoms with Crippen LogP contribution in [-0.2, 0) is 19.1 Å². The summed E-state index contributed by atoms with van der Waals surface area (Å²) in [4.78, 5) is 34.7. The third-order valence-corrected chi connectivity index (χ3v) is 3.46. The lowest BCUT2D eigenvalue weighted by molar-refractivity contribution is -0.149. The van der Waals surface area contributed by atoms with E-state index in [-0.39, 0.29) is 19.6 Å². The van der Waals surface area contributed by atoms with Crippen LogP contribution in [0.1, 0.15) is 6.42 Å². The SMILES string of the molecule is O=C(COC(=O)CCOc1ccccc1)NNC(=O)COc1ccc(Cl)cc1. The number of carbonyl (C=O) groups is 3. The summed E-state index contributed by atoms with van der Waals surface area (Å²) in [5.41, 5.74) is 4.26. The van der Waals surface area contributed by atoms with Crippen molar-refractivity contribution < 1.29 is 28.6 Å². The number of halogens is 1. The molecular weight excluding hydrogens is 388 g/mol. The maximum atomic E-state index is 11.6. The lowest BCUT2D eigenvalue weighted by Gasteiger charge is -2.09. The smallest absolute Gasteiger partial charge is 0.309 e. The van der Waals surface area contributed by atoms with Gasteiger partial charge in [0.2, 0.25) is 0 Å². The molecule has 0 heterocycles. The number of hydrazine groups is 1. The van der Waals surface area contributed by atoms with Gasteiger partial charge in [-0.2, -0.15) is 0 Å². The third-order valence-electron chi connectivity index (χ3n) is 3.21. The van der Waals surface area contributed by atoms with Gasteiger partial charge in [-0.1, -0.05) is 29.8 Å². The molecule has 0 atom stereocenters. The molecule has 2 aromatic carbocycles. The fraction of sp³-hybridized carbons (Fsp3) is 0.211. The van der Waals surface area contributed by atoms with E-state index in [9.17, 15) is 14.4 Å². The normalized spacial score (nSPS) is 9.89. The fourth-order valence-corrected chi connectivity index (χ4v) is 2.00. The van der Waals surface area contributed by atoms with Crippen LogP contribution >= 0.6 is 11.6 Å². The highest BCUT2D eigenvalue weighted by Crippen LogP contribution is 2.15. The summed E-state index contributed by atoms with van der Waals surface area (Å²) in [6.07, 6.45) is -0.0105. The fourth-order valence-electron chi connectivity index (χ4n) is 1.88. The van der Waals surface area contributed by atoms with Gasteiger partial charge < -0.3 is 14.2 Å². The molecule has 0 aliphatic heterocycles. The molecule has 28 heavy (non-hydrogen) atoms. The predicted molar refractivity (Wildman–Crippen MR) is 101 cm³/mol. The van der Waals surface area contributed by atoms with Gasteiger partial charge in [-0.25, -0.2) is 0 Å². The summed E-state index contributed by atoms with van der Waals surface area (Å²) in [5.74, 6) is -0.763. The molecule has 0 saturated carbocycles. The van der Waals surface area contributed by atoms with Crippen LogP contribution in [0.2, 0.25) is 5.02 Å². The number of hydrogen-bond acceptors (Lipinski definition) is 6. The highest BCUT2D eigenvalue weighted by atomic mass is 35.5. The number of para-hydroxylation sites is 1. The molecule has 0 fully saturated rings. The summed E-state index contributed by atoms with van der Waals surface area (Å²) in [6, 6.07) is 15.5. The van der Waals surface area contributed by atoms with Crippen LogP contribution in [0.3, 0.4) is 0 Å². The molecule has 0 aliphatic carbocycles. The monoisotopic (exact) mass is 406 g/mol. The topological polar surface area (TPSA) is 103 Å². The molecule has 0 aliphatic rings. The Morgan fingerprint density at radius 3 is 2.07 bits per heavy atom. The molecule has 148 valence electrons. The molecule has 2 amide bonds. The van der Waals surface area contributed by atoms with E-state index >= 15 is 0 Å². The third kappa shape index (κ3) is 8.41. The minimum Gasteiger partial charge on any atom is -0.493 e. The lowest BCUT2D eigenvalue weighted by Crippen LogP contribution is -2.45. The van der Waals surface area contributed by atoms with E-state index < -0.39 is 24.4 Å². The minimum atomic E-state index is -0.683. The number of esters is 1. The molecule has 0 spiro atoms. The van der Waals surface area contributed by atoms with Gasteiger partial charge in [0.05, 0.1) is 13.0 Å². The maximum Gasteiger partial charge on any atom is 0.309 e. The van der Waals surface area contributed by atoms with Crippen molar-refractivity contribution in [1.29, 1.82) is 0 Å². The Balaban J connectivity index is 1.54. The Bertz CT molecular complexity index is 783. The first-order valence-electron chi connectivity index (χ1n) is 8.32. The Morgan fingerprint density at radius 2 is 1.39 bits per heavy atom. The van der Waals surface area contributed by atoms with E-state index in [0.717, 1.165) is 0 Å². The lowest BCUT2D eigenvalue weighted by atomic mass is 10.3. The van der Waals surface area contributed by atoms with Crippen molar-refractivity contribution >= 4 is 29.4 Å². The summed E-state index contributed by atoms with van der Waals surface area (Å²) in [6.45, 7) is -0.704. The van der Waals surface area contributed by atoms with Gasteiger partial charge in [-0.3, -0.25) is 25.2 Å². The van der Waals surface area contributed by atoms with E-state index in [1.165, 1.54) is 0 Å². The van der Waals surface area contributed by atoms with Crippen LogP contribution < -0.4 is 20.3 Å². The number of benzene rings is 2. The molecule has 2 rings (SSSR count). The van der Waals surface area contributed by atoms with Crippen LogP contribution in [0.25, 0.3) is 0 Å². The van der Waals surface area contributed by atoms with E-state index in [2.05, 4.69) is 10.9 Å². The van der Waals surface area contributed by atoms with E-state index in [1.807, 2.05) is 18.2 Å². The Morgan fingerprint density at radius 1 is 0.786 bits per heavy atom. The second kappa shape index (κ2) is 11.5. The molecule has 9 heteroatoms. The van der Waals surface area contributed by atoms with E-state index in [0.29, 0.717) is 16.5 Å². The highest BCUT2D eigenvalue weighted by molar-refractivity contribution is 6.30. The summed E-state index contributed by atoms with van der Waals surface area (Å²) >= 11 is 5.74. The number of rotatable bonds is 9. The first-order chi connectivity index (χ1) is 13.5. The molecule has 8 nitrogen and oxygen atoms in total. The first kappa shape index (κ1) is 21.0. The second-order valence-electron chi connectivity index (χ2n) is 5.41. The average molecular weight is 407 g/mol. The van der Waals surface area contributed by atoms with Gasteiger partial charge in [0, 0.05) is 5.02 Å². The minimum absolute atomic E-state index is 0.0105. The number of nitrogens with one attached hydrogen (secondary N) is 2. The average Bonchev–Trinajstić information content (AvgIpc) is 2.71. The zero-order chi connectivity index (χ0) is 20.2. The largest absolute Gasteiger partial charge is 0.493 e. The quantitative estimate of drug-likeness (QED) is 0.487. The van der Waals surface area contributed by atoms with Crippen LogP contribution in [0, 0.1) is 0 Å². The van der Waals surface area contributed by atoms with Gasteiger partial charge in [0.15, 0.2) is 13.2 Å². The molecule has 2 aromatic rings. The molecule has 0 aromatic heterocycles. The number of hydrogen-bond donors (Lipinski definition) is 2. The standard InChI is InChI=1S/C19H19ClN2O6/c20-14-6-8-16(9-7-14)27-12-17(23)21-22-18(24)13-28-19(25)10-11-26-15-4-2-1-3-5-15/h1-9H,10-13H2,(H,21,23)(H,22,24). The molecule has 0 unspecified atom stereocenters. The van der Waals surface area contributed by atoms with Gasteiger partial charge in [0.25, 0.3) is 11.8 Å². The predicted octanol–water partition coefficient (Wildman–Crippen LogP) is 1.88. The Hall–Kier alpha value is -3.26. The van der Waals surface area contributed by atoms with Crippen LogP contribution in [0.4, 0.5) is 0 Å². The molecule has 0 radical (unpaired) electrons.